The molecule has 1 saturated heterocycles. The van der Waals surface area contributed by atoms with Crippen molar-refractivity contribution in [3.63, 3.8) is 0 Å². The molecule has 36 heavy (non-hydrogen) atoms. The van der Waals surface area contributed by atoms with E-state index in [0.29, 0.717) is 18.4 Å². The smallest absolute Gasteiger partial charge is 0.251 e. The van der Waals surface area contributed by atoms with Crippen molar-refractivity contribution in [3.8, 4) is 26.9 Å². The number of carbonyl (C=O) groups excluding carboxylic acids is 2. The van der Waals surface area contributed by atoms with Crippen LogP contribution >= 0.6 is 22.7 Å². The number of aromatic nitrogens is 2. The van der Waals surface area contributed by atoms with Crippen LogP contribution < -0.4 is 10.2 Å². The third-order valence-corrected chi connectivity index (χ3v) is 7.98. The van der Waals surface area contributed by atoms with Gasteiger partial charge in [0, 0.05) is 17.2 Å². The number of hydrogen-bond acceptors (Lipinski definition) is 9. The topological polar surface area (TPSA) is 87.7 Å². The maximum absolute atomic E-state index is 12.7. The Morgan fingerprint density at radius 2 is 1.94 bits per heavy atom. The van der Waals surface area contributed by atoms with Crippen molar-refractivity contribution in [1.29, 1.82) is 0 Å². The molecule has 10 heteroatoms. The van der Waals surface area contributed by atoms with E-state index in [1.165, 1.54) is 0 Å². The monoisotopic (exact) mass is 521 g/mol. The largest absolute Gasteiger partial charge is 0.478 e. The summed E-state index contributed by atoms with van der Waals surface area (Å²) >= 11 is 3.13. The van der Waals surface area contributed by atoms with Gasteiger partial charge in [0.15, 0.2) is 11.6 Å². The quantitative estimate of drug-likeness (QED) is 0.250. The van der Waals surface area contributed by atoms with Crippen LogP contribution in [0.25, 0.3) is 31.4 Å². The average Bonchev–Trinajstić information content (AvgIpc) is 3.58. The molecule has 5 rings (SSSR count). The molecule has 3 aromatic heterocycles. The number of hydrazine groups is 1. The maximum atomic E-state index is 12.7. The number of carbonyl (C=O) groups is 2. The van der Waals surface area contributed by atoms with E-state index >= 15 is 0 Å². The van der Waals surface area contributed by atoms with Crippen LogP contribution in [0.4, 0.5) is 5.82 Å². The van der Waals surface area contributed by atoms with Gasteiger partial charge in [0.2, 0.25) is 5.91 Å². The Hall–Kier alpha value is -3.34. The van der Waals surface area contributed by atoms with Gasteiger partial charge in [0.1, 0.15) is 17.3 Å². The third kappa shape index (κ3) is 4.59. The number of anilines is 1. The van der Waals surface area contributed by atoms with E-state index in [0.717, 1.165) is 48.3 Å². The summed E-state index contributed by atoms with van der Waals surface area (Å²) in [5.41, 5.74) is 5.19. The minimum atomic E-state index is -0.351. The highest BCUT2D eigenvalue weighted by molar-refractivity contribution is 7.22. The Labute approximate surface area is 217 Å². The summed E-state index contributed by atoms with van der Waals surface area (Å²) in [6.45, 7) is 4.36. The number of rotatable bonds is 8. The van der Waals surface area contributed by atoms with Crippen LogP contribution in [-0.4, -0.2) is 52.5 Å². The highest BCUT2D eigenvalue weighted by atomic mass is 32.1. The fourth-order valence-corrected chi connectivity index (χ4v) is 6.07. The molecular weight excluding hydrogens is 494 g/mol. The minimum absolute atomic E-state index is 0.190. The summed E-state index contributed by atoms with van der Waals surface area (Å²) < 4.78 is 5.78. The van der Waals surface area contributed by atoms with Crippen molar-refractivity contribution >= 4 is 50.5 Å². The zero-order valence-corrected chi connectivity index (χ0v) is 22.2. The summed E-state index contributed by atoms with van der Waals surface area (Å²) in [5, 5.41) is 3.92. The second kappa shape index (κ2) is 9.96. The number of ether oxygens (including phenoxy) is 1. The van der Waals surface area contributed by atoms with Gasteiger partial charge in [-0.2, -0.15) is 5.01 Å². The van der Waals surface area contributed by atoms with Gasteiger partial charge in [-0.25, -0.2) is 9.97 Å². The van der Waals surface area contributed by atoms with E-state index in [4.69, 9.17) is 14.7 Å². The van der Waals surface area contributed by atoms with Crippen LogP contribution in [-0.2, 0) is 16.0 Å². The molecule has 0 saturated carbocycles. The number of nitrogens with one attached hydrogen (secondary N) is 1. The number of amides is 2. The first kappa shape index (κ1) is 24.4. The van der Waals surface area contributed by atoms with Gasteiger partial charge in [0.25, 0.3) is 5.91 Å². The lowest BCUT2D eigenvalue weighted by Gasteiger charge is -2.18. The van der Waals surface area contributed by atoms with Gasteiger partial charge in [-0.05, 0) is 67.4 Å². The molecule has 0 spiro atoms. The van der Waals surface area contributed by atoms with E-state index in [9.17, 15) is 9.59 Å². The van der Waals surface area contributed by atoms with Crippen LogP contribution in [0.5, 0.6) is 5.75 Å². The van der Waals surface area contributed by atoms with Gasteiger partial charge >= 0.3 is 0 Å². The van der Waals surface area contributed by atoms with Gasteiger partial charge in [-0.1, -0.05) is 19.9 Å². The van der Waals surface area contributed by atoms with E-state index in [1.807, 2.05) is 60.8 Å². The summed E-state index contributed by atoms with van der Waals surface area (Å²) in [6, 6.07) is 11.9. The van der Waals surface area contributed by atoms with Crippen LogP contribution in [0, 0.1) is 5.92 Å². The van der Waals surface area contributed by atoms with Crippen molar-refractivity contribution in [3.05, 3.63) is 47.3 Å². The second-order valence-corrected chi connectivity index (χ2v) is 10.9. The third-order valence-electron chi connectivity index (χ3n) is 5.94. The lowest BCUT2D eigenvalue weighted by atomic mass is 10.0. The first-order valence-electron chi connectivity index (χ1n) is 11.7. The molecule has 4 aromatic rings. The molecule has 0 bridgehead atoms. The zero-order chi connectivity index (χ0) is 25.4. The minimum Gasteiger partial charge on any atom is -0.478 e. The Bertz CT molecular complexity index is 1410. The second-order valence-electron chi connectivity index (χ2n) is 8.98. The fraction of sp³-hybridized carbons (Fsp3) is 0.308. The Morgan fingerprint density at radius 1 is 1.17 bits per heavy atom. The summed E-state index contributed by atoms with van der Waals surface area (Å²) in [4.78, 5) is 39.7. The molecule has 4 heterocycles. The van der Waals surface area contributed by atoms with Crippen molar-refractivity contribution in [2.24, 2.45) is 5.92 Å². The van der Waals surface area contributed by atoms with Crippen LogP contribution in [0.2, 0.25) is 0 Å². The van der Waals surface area contributed by atoms with Crippen LogP contribution in [0.3, 0.4) is 0 Å². The predicted octanol–water partition coefficient (Wildman–Crippen LogP) is 5.27. The number of nitrogens with zero attached hydrogens (tertiary/aromatic N) is 4. The van der Waals surface area contributed by atoms with Gasteiger partial charge in [0.05, 0.1) is 10.3 Å². The molecule has 8 nitrogen and oxygen atoms in total. The number of benzene rings is 1. The first-order valence-corrected chi connectivity index (χ1v) is 13.4. The molecule has 1 unspecified atom stereocenters. The number of imide groups is 1. The molecule has 1 atom stereocenters. The van der Waals surface area contributed by atoms with E-state index in [2.05, 4.69) is 12.3 Å². The molecular formula is C26H27N5O3S2. The highest BCUT2D eigenvalue weighted by Gasteiger charge is 2.37. The molecule has 1 aliphatic heterocycles. The molecule has 0 aliphatic carbocycles. The fourth-order valence-electron chi connectivity index (χ4n) is 4.14. The van der Waals surface area contributed by atoms with Crippen molar-refractivity contribution in [2.45, 2.75) is 26.7 Å². The van der Waals surface area contributed by atoms with E-state index in [1.54, 1.807) is 29.6 Å². The normalized spacial score (nSPS) is 15.9. The number of aryl methyl sites for hydroxylation is 1. The maximum Gasteiger partial charge on any atom is 0.251 e. The lowest BCUT2D eigenvalue weighted by molar-refractivity contribution is -0.137. The Morgan fingerprint density at radius 3 is 2.56 bits per heavy atom. The number of fused-ring (bicyclic) bond motifs is 1. The SMILES string of the molecule is CCc1c(-c2ccc(OCN(C)C)cc2)sc2nc(-c3cccs3)nc(NN3C(=O)CC(C)C3=O)c12. The zero-order valence-electron chi connectivity index (χ0n) is 20.6. The van der Waals surface area contributed by atoms with Gasteiger partial charge < -0.3 is 4.74 Å². The Balaban J connectivity index is 1.61. The van der Waals surface area contributed by atoms with Crippen molar-refractivity contribution in [2.75, 3.05) is 26.3 Å². The molecule has 1 aliphatic rings. The van der Waals surface area contributed by atoms with Crippen LogP contribution in [0.1, 0.15) is 25.8 Å². The lowest BCUT2D eigenvalue weighted by Crippen LogP contribution is -2.36. The van der Waals surface area contributed by atoms with Crippen molar-refractivity contribution < 1.29 is 14.3 Å². The summed E-state index contributed by atoms with van der Waals surface area (Å²) in [6.07, 6.45) is 0.929. The molecule has 0 radical (unpaired) electrons. The predicted molar refractivity (Wildman–Crippen MR) is 144 cm³/mol. The van der Waals surface area contributed by atoms with Crippen LogP contribution in [0.15, 0.2) is 41.8 Å². The summed E-state index contributed by atoms with van der Waals surface area (Å²) in [5.74, 6) is 0.995. The standard InChI is InChI=1S/C26H27N5O3S2/c1-5-18-21-24(29-31-20(32)13-15(2)26(31)33)27-23(19-7-6-12-35-19)28-25(21)36-22(18)16-8-10-17(11-9-16)34-14-30(3)4/h6-12,15H,5,13-14H2,1-4H3,(H,27,28,29). The molecule has 2 amide bonds. The Kier molecular flexibility index (Phi) is 6.74. The van der Waals surface area contributed by atoms with Gasteiger partial charge in [-0.3, -0.25) is 19.9 Å². The summed E-state index contributed by atoms with van der Waals surface area (Å²) in [7, 11) is 3.92. The first-order chi connectivity index (χ1) is 17.4. The number of hydrogen-bond donors (Lipinski definition) is 1. The van der Waals surface area contributed by atoms with Crippen molar-refractivity contribution in [1.82, 2.24) is 19.9 Å². The molecule has 1 fully saturated rings. The number of thiophene rings is 2. The molecule has 1 N–H and O–H groups in total. The van der Waals surface area contributed by atoms with Gasteiger partial charge in [-0.15, -0.1) is 22.7 Å². The molecule has 186 valence electrons. The van der Waals surface area contributed by atoms with E-state index in [-0.39, 0.29) is 24.2 Å². The average molecular weight is 522 g/mol. The molecule has 1 aromatic carbocycles. The highest BCUT2D eigenvalue weighted by Crippen LogP contribution is 2.42. The van der Waals surface area contributed by atoms with E-state index < -0.39 is 0 Å².